The number of fused-ring (bicyclic) bond motifs is 1. The van der Waals surface area contributed by atoms with E-state index in [2.05, 4.69) is 4.57 Å². The number of carbonyl (C=O) groups is 1. The van der Waals surface area contributed by atoms with Crippen molar-refractivity contribution in [1.29, 1.82) is 0 Å². The first-order chi connectivity index (χ1) is 14.3. The number of nitrogens with zero attached hydrogens (tertiary/aromatic N) is 2. The summed E-state index contributed by atoms with van der Waals surface area (Å²) in [5.41, 5.74) is 1.97. The van der Waals surface area contributed by atoms with Crippen molar-refractivity contribution in [3.8, 4) is 5.75 Å². The SMILES string of the molecule is COc1ccc(C(=O)N2CCn3cccc3C2c2ccc(C)cc2)cc1C(F)(F)F. The minimum atomic E-state index is -4.62. The van der Waals surface area contributed by atoms with Crippen molar-refractivity contribution in [2.45, 2.75) is 25.7 Å². The third-order valence-electron chi connectivity index (χ3n) is 5.44. The van der Waals surface area contributed by atoms with Crippen LogP contribution in [0.25, 0.3) is 0 Å². The maximum atomic E-state index is 13.4. The zero-order chi connectivity index (χ0) is 21.5. The van der Waals surface area contributed by atoms with E-state index in [9.17, 15) is 18.0 Å². The average Bonchev–Trinajstić information content (AvgIpc) is 3.21. The molecule has 0 fully saturated rings. The Morgan fingerprint density at radius 3 is 2.47 bits per heavy atom. The van der Waals surface area contributed by atoms with Crippen LogP contribution in [0.1, 0.15) is 38.8 Å². The Morgan fingerprint density at radius 2 is 1.80 bits per heavy atom. The number of alkyl halides is 3. The Balaban J connectivity index is 1.77. The maximum Gasteiger partial charge on any atom is 0.419 e. The number of carbonyl (C=O) groups excluding carboxylic acids is 1. The lowest BCUT2D eigenvalue weighted by molar-refractivity contribution is -0.138. The van der Waals surface area contributed by atoms with Gasteiger partial charge in [-0.25, -0.2) is 0 Å². The van der Waals surface area contributed by atoms with Crippen molar-refractivity contribution >= 4 is 5.91 Å². The zero-order valence-corrected chi connectivity index (χ0v) is 16.6. The van der Waals surface area contributed by atoms with Crippen LogP contribution in [0.5, 0.6) is 5.75 Å². The predicted molar refractivity (Wildman–Crippen MR) is 106 cm³/mol. The summed E-state index contributed by atoms with van der Waals surface area (Å²) < 4.78 is 47.3. The molecular weight excluding hydrogens is 393 g/mol. The monoisotopic (exact) mass is 414 g/mol. The normalized spacial score (nSPS) is 16.3. The van der Waals surface area contributed by atoms with Crippen LogP contribution in [0.4, 0.5) is 13.2 Å². The molecule has 30 heavy (non-hydrogen) atoms. The number of rotatable bonds is 3. The van der Waals surface area contributed by atoms with Crippen molar-refractivity contribution in [2.75, 3.05) is 13.7 Å². The molecule has 7 heteroatoms. The molecule has 4 nitrogen and oxygen atoms in total. The third kappa shape index (κ3) is 3.56. The highest BCUT2D eigenvalue weighted by Crippen LogP contribution is 2.38. The highest BCUT2D eigenvalue weighted by molar-refractivity contribution is 5.95. The van der Waals surface area contributed by atoms with Gasteiger partial charge in [-0.15, -0.1) is 0 Å². The summed E-state index contributed by atoms with van der Waals surface area (Å²) in [7, 11) is 1.18. The quantitative estimate of drug-likeness (QED) is 0.600. The van der Waals surface area contributed by atoms with Crippen LogP contribution in [0.3, 0.4) is 0 Å². The Hall–Kier alpha value is -3.22. The van der Waals surface area contributed by atoms with E-state index in [1.807, 2.05) is 49.5 Å². The second-order valence-corrected chi connectivity index (χ2v) is 7.35. The number of aromatic nitrogens is 1. The van der Waals surface area contributed by atoms with E-state index in [0.29, 0.717) is 13.1 Å². The summed E-state index contributed by atoms with van der Waals surface area (Å²) in [5, 5.41) is 0. The van der Waals surface area contributed by atoms with Crippen LogP contribution in [0.2, 0.25) is 0 Å². The summed E-state index contributed by atoms with van der Waals surface area (Å²) in [6.07, 6.45) is -2.66. The molecule has 2 aromatic carbocycles. The van der Waals surface area contributed by atoms with E-state index in [0.717, 1.165) is 22.9 Å². The van der Waals surface area contributed by atoms with E-state index in [-0.39, 0.29) is 17.4 Å². The topological polar surface area (TPSA) is 34.5 Å². The number of ether oxygens (including phenoxy) is 1. The first-order valence-electron chi connectivity index (χ1n) is 9.57. The molecule has 1 aliphatic rings. The van der Waals surface area contributed by atoms with Crippen molar-refractivity contribution in [3.05, 3.63) is 88.7 Å². The molecule has 0 radical (unpaired) electrons. The molecule has 0 spiro atoms. The smallest absolute Gasteiger partial charge is 0.419 e. The number of amides is 1. The fraction of sp³-hybridized carbons (Fsp3) is 0.261. The summed E-state index contributed by atoms with van der Waals surface area (Å²) in [6, 6.07) is 14.8. The van der Waals surface area contributed by atoms with Gasteiger partial charge in [0.05, 0.1) is 18.7 Å². The summed E-state index contributed by atoms with van der Waals surface area (Å²) >= 11 is 0. The predicted octanol–water partition coefficient (Wildman–Crippen LogP) is 5.07. The van der Waals surface area contributed by atoms with Crippen molar-refractivity contribution in [3.63, 3.8) is 0 Å². The number of aryl methyl sites for hydroxylation is 1. The molecule has 1 amide bonds. The minimum absolute atomic E-state index is 0.0137. The molecule has 1 atom stereocenters. The second-order valence-electron chi connectivity index (χ2n) is 7.35. The van der Waals surface area contributed by atoms with Crippen LogP contribution >= 0.6 is 0 Å². The molecule has 0 saturated carbocycles. The molecular formula is C23H21F3N2O2. The van der Waals surface area contributed by atoms with Crippen LogP contribution in [0, 0.1) is 6.92 Å². The third-order valence-corrected chi connectivity index (χ3v) is 5.44. The van der Waals surface area contributed by atoms with Gasteiger partial charge in [0.15, 0.2) is 0 Å². The van der Waals surface area contributed by atoms with Gasteiger partial charge in [-0.1, -0.05) is 29.8 Å². The molecule has 1 unspecified atom stereocenters. The van der Waals surface area contributed by atoms with Crippen LogP contribution < -0.4 is 4.74 Å². The lowest BCUT2D eigenvalue weighted by Crippen LogP contribution is -2.42. The van der Waals surface area contributed by atoms with E-state index < -0.39 is 17.6 Å². The van der Waals surface area contributed by atoms with Crippen LogP contribution in [0.15, 0.2) is 60.8 Å². The summed E-state index contributed by atoms with van der Waals surface area (Å²) in [4.78, 5) is 15.0. The molecule has 1 aliphatic heterocycles. The average molecular weight is 414 g/mol. The van der Waals surface area contributed by atoms with Crippen molar-refractivity contribution < 1.29 is 22.7 Å². The van der Waals surface area contributed by atoms with Gasteiger partial charge < -0.3 is 14.2 Å². The number of methoxy groups -OCH3 is 1. The van der Waals surface area contributed by atoms with Gasteiger partial charge in [0.1, 0.15) is 5.75 Å². The molecule has 0 bridgehead atoms. The first kappa shape index (κ1) is 20.1. The van der Waals surface area contributed by atoms with Crippen LogP contribution in [-0.2, 0) is 12.7 Å². The molecule has 0 aliphatic carbocycles. The first-order valence-corrected chi connectivity index (χ1v) is 9.57. The summed E-state index contributed by atoms with van der Waals surface area (Å²) in [5.74, 6) is -0.747. The molecule has 0 N–H and O–H groups in total. The Kier molecular flexibility index (Phi) is 5.05. The van der Waals surface area contributed by atoms with Gasteiger partial charge in [-0.05, 0) is 42.8 Å². The van der Waals surface area contributed by atoms with E-state index in [1.54, 1.807) is 4.90 Å². The molecule has 4 rings (SSSR count). The standard InChI is InChI=1S/C23H21F3N2O2/c1-15-5-7-16(8-6-15)21-19-4-3-11-27(19)12-13-28(21)22(29)17-9-10-20(30-2)18(14-17)23(24,25)26/h3-11,14,21H,12-13H2,1-2H3. The number of hydrogen-bond acceptors (Lipinski definition) is 2. The Bertz CT molecular complexity index is 1070. The van der Waals surface area contributed by atoms with Crippen LogP contribution in [-0.4, -0.2) is 29.0 Å². The lowest BCUT2D eigenvalue weighted by Gasteiger charge is -2.37. The van der Waals surface area contributed by atoms with Crippen molar-refractivity contribution in [2.24, 2.45) is 0 Å². The molecule has 156 valence electrons. The van der Waals surface area contributed by atoms with E-state index >= 15 is 0 Å². The zero-order valence-electron chi connectivity index (χ0n) is 16.6. The number of benzene rings is 2. The van der Waals surface area contributed by atoms with Gasteiger partial charge in [-0.3, -0.25) is 4.79 Å². The molecule has 0 saturated heterocycles. The number of halogens is 3. The van der Waals surface area contributed by atoms with Gasteiger partial charge in [0, 0.05) is 30.5 Å². The fourth-order valence-electron chi connectivity index (χ4n) is 3.93. The Morgan fingerprint density at radius 1 is 1.07 bits per heavy atom. The summed E-state index contributed by atoms with van der Waals surface area (Å²) in [6.45, 7) is 2.96. The Labute approximate surface area is 172 Å². The highest BCUT2D eigenvalue weighted by Gasteiger charge is 2.37. The van der Waals surface area contributed by atoms with E-state index in [4.69, 9.17) is 4.74 Å². The van der Waals surface area contributed by atoms with Gasteiger partial charge in [0.2, 0.25) is 0 Å². The number of hydrogen-bond donors (Lipinski definition) is 0. The van der Waals surface area contributed by atoms with Gasteiger partial charge >= 0.3 is 6.18 Å². The fourth-order valence-corrected chi connectivity index (χ4v) is 3.93. The van der Waals surface area contributed by atoms with E-state index in [1.165, 1.54) is 19.2 Å². The van der Waals surface area contributed by atoms with Crippen molar-refractivity contribution in [1.82, 2.24) is 9.47 Å². The highest BCUT2D eigenvalue weighted by atomic mass is 19.4. The van der Waals surface area contributed by atoms with Gasteiger partial charge in [-0.2, -0.15) is 13.2 Å². The molecule has 3 aromatic rings. The molecule has 1 aromatic heterocycles. The minimum Gasteiger partial charge on any atom is -0.496 e. The largest absolute Gasteiger partial charge is 0.496 e. The second kappa shape index (κ2) is 7.55. The van der Waals surface area contributed by atoms with Gasteiger partial charge in [0.25, 0.3) is 5.91 Å². The maximum absolute atomic E-state index is 13.4. The lowest BCUT2D eigenvalue weighted by atomic mass is 9.97. The molecule has 2 heterocycles.